The topological polar surface area (TPSA) is 105 Å². The number of hydrogen-bond acceptors (Lipinski definition) is 7. The van der Waals surface area contributed by atoms with Gasteiger partial charge in [-0.25, -0.2) is 22.8 Å². The summed E-state index contributed by atoms with van der Waals surface area (Å²) in [5, 5.41) is 2.45. The maximum Gasteiger partial charge on any atom is 0.276 e. The van der Waals surface area contributed by atoms with Crippen LogP contribution in [0.15, 0.2) is 76.6 Å². The van der Waals surface area contributed by atoms with Crippen LogP contribution in [0, 0.1) is 19.7 Å². The number of aromatic nitrogens is 2. The zero-order valence-corrected chi connectivity index (χ0v) is 21.5. The summed E-state index contributed by atoms with van der Waals surface area (Å²) in [6.45, 7) is 5.60. The fourth-order valence-corrected chi connectivity index (χ4v) is 4.60. The lowest BCUT2D eigenvalue weighted by molar-refractivity contribution is 0.102. The third-order valence-corrected chi connectivity index (χ3v) is 7.38. The second-order valence-electron chi connectivity index (χ2n) is 8.58. The minimum Gasteiger partial charge on any atom is -0.467 e. The number of carbonyl (C=O) groups excluding carboxylic acids is 1. The molecule has 1 amide bonds. The Morgan fingerprint density at radius 3 is 2.43 bits per heavy atom. The van der Waals surface area contributed by atoms with E-state index in [9.17, 15) is 17.6 Å². The van der Waals surface area contributed by atoms with Crippen molar-refractivity contribution in [3.05, 3.63) is 101 Å². The zero-order valence-electron chi connectivity index (χ0n) is 20.7. The SMILES string of the molecule is CCS(=O)(=O)c1ncc(N(Cc2cccc(F)c2)Cc2ccco2)c(C(=O)Nc2c(C)cccc2C)n1. The van der Waals surface area contributed by atoms with Crippen molar-refractivity contribution in [1.82, 2.24) is 9.97 Å². The van der Waals surface area contributed by atoms with Crippen molar-refractivity contribution in [2.75, 3.05) is 16.0 Å². The molecule has 37 heavy (non-hydrogen) atoms. The molecule has 192 valence electrons. The molecule has 0 radical (unpaired) electrons. The van der Waals surface area contributed by atoms with Gasteiger partial charge in [0.05, 0.1) is 30.4 Å². The number of nitrogens with zero attached hydrogens (tertiary/aromatic N) is 3. The van der Waals surface area contributed by atoms with Crippen LogP contribution in [0.25, 0.3) is 0 Å². The van der Waals surface area contributed by atoms with Crippen LogP contribution >= 0.6 is 0 Å². The molecule has 4 rings (SSSR count). The fraction of sp³-hybridized carbons (Fsp3) is 0.222. The van der Waals surface area contributed by atoms with Gasteiger partial charge in [0.1, 0.15) is 11.6 Å². The molecule has 0 saturated heterocycles. The van der Waals surface area contributed by atoms with Gasteiger partial charge in [0, 0.05) is 12.2 Å². The highest BCUT2D eigenvalue weighted by molar-refractivity contribution is 7.91. The average molecular weight is 523 g/mol. The minimum absolute atomic E-state index is 0.118. The summed E-state index contributed by atoms with van der Waals surface area (Å²) in [5.74, 6) is -0.623. The molecule has 2 heterocycles. The Morgan fingerprint density at radius 1 is 1.05 bits per heavy atom. The first-order valence-corrected chi connectivity index (χ1v) is 13.3. The number of amides is 1. The maximum atomic E-state index is 14.0. The van der Waals surface area contributed by atoms with E-state index in [0.717, 1.165) is 11.1 Å². The predicted molar refractivity (Wildman–Crippen MR) is 139 cm³/mol. The van der Waals surface area contributed by atoms with Crippen LogP contribution in [0.4, 0.5) is 15.8 Å². The Hall–Kier alpha value is -4.05. The molecular weight excluding hydrogens is 495 g/mol. The number of furan rings is 1. The van der Waals surface area contributed by atoms with Gasteiger partial charge in [0.15, 0.2) is 5.69 Å². The second-order valence-corrected chi connectivity index (χ2v) is 10.7. The van der Waals surface area contributed by atoms with E-state index in [1.54, 1.807) is 29.2 Å². The van der Waals surface area contributed by atoms with E-state index in [1.807, 2.05) is 32.0 Å². The molecule has 0 spiro atoms. The van der Waals surface area contributed by atoms with Crippen LogP contribution in [0.1, 0.15) is 39.9 Å². The highest BCUT2D eigenvalue weighted by Gasteiger charge is 2.26. The van der Waals surface area contributed by atoms with Gasteiger partial charge in [0.2, 0.25) is 15.0 Å². The molecule has 0 atom stereocenters. The Balaban J connectivity index is 1.83. The Bertz CT molecular complexity index is 1500. The molecule has 2 aromatic carbocycles. The van der Waals surface area contributed by atoms with E-state index in [0.29, 0.717) is 17.0 Å². The van der Waals surface area contributed by atoms with E-state index in [4.69, 9.17) is 4.42 Å². The molecule has 4 aromatic rings. The number of halogens is 1. The van der Waals surface area contributed by atoms with Crippen LogP contribution in [-0.2, 0) is 22.9 Å². The zero-order chi connectivity index (χ0) is 26.6. The van der Waals surface area contributed by atoms with Crippen LogP contribution < -0.4 is 10.2 Å². The summed E-state index contributed by atoms with van der Waals surface area (Å²) in [6, 6.07) is 15.2. The Kier molecular flexibility index (Phi) is 7.68. The number of rotatable bonds is 9. The van der Waals surface area contributed by atoms with Crippen LogP contribution in [0.5, 0.6) is 0 Å². The normalized spacial score (nSPS) is 11.4. The highest BCUT2D eigenvalue weighted by atomic mass is 32.2. The van der Waals surface area contributed by atoms with Crippen molar-refractivity contribution in [2.45, 2.75) is 39.0 Å². The Labute approximate surface area is 215 Å². The van der Waals surface area contributed by atoms with E-state index < -0.39 is 26.7 Å². The summed E-state index contributed by atoms with van der Waals surface area (Å²) < 4.78 is 44.6. The number of hydrogen-bond donors (Lipinski definition) is 1. The maximum absolute atomic E-state index is 14.0. The number of sulfone groups is 1. The molecule has 1 N–H and O–H groups in total. The van der Waals surface area contributed by atoms with Crippen molar-refractivity contribution >= 4 is 27.1 Å². The molecule has 0 fully saturated rings. The Morgan fingerprint density at radius 2 is 1.78 bits per heavy atom. The summed E-state index contributed by atoms with van der Waals surface area (Å²) in [5.41, 5.74) is 3.10. The lowest BCUT2D eigenvalue weighted by Crippen LogP contribution is -2.28. The summed E-state index contributed by atoms with van der Waals surface area (Å²) in [4.78, 5) is 23.7. The van der Waals surface area contributed by atoms with Gasteiger partial charge in [-0.1, -0.05) is 37.3 Å². The van der Waals surface area contributed by atoms with Crippen molar-refractivity contribution in [1.29, 1.82) is 0 Å². The van der Waals surface area contributed by atoms with Gasteiger partial charge in [-0.3, -0.25) is 4.79 Å². The number of para-hydroxylation sites is 1. The monoisotopic (exact) mass is 522 g/mol. The summed E-state index contributed by atoms with van der Waals surface area (Å²) in [7, 11) is -3.79. The van der Waals surface area contributed by atoms with Gasteiger partial charge >= 0.3 is 0 Å². The molecule has 0 aliphatic rings. The molecule has 2 aromatic heterocycles. The standard InChI is InChI=1S/C27H27FN4O4S/c1-4-37(34,35)27-29-15-23(25(31-27)26(33)30-24-18(2)8-5-9-19(24)3)32(17-22-12-7-13-36-22)16-20-10-6-11-21(28)14-20/h5-15H,4,16-17H2,1-3H3,(H,30,33). The molecule has 10 heteroatoms. The molecular formula is C27H27FN4O4S. The van der Waals surface area contributed by atoms with Crippen molar-refractivity contribution < 1.29 is 22.0 Å². The number of anilines is 2. The average Bonchev–Trinajstić information content (AvgIpc) is 3.39. The first-order valence-electron chi connectivity index (χ1n) is 11.7. The third-order valence-electron chi connectivity index (χ3n) is 5.87. The lowest BCUT2D eigenvalue weighted by Gasteiger charge is -2.26. The lowest BCUT2D eigenvalue weighted by atomic mass is 10.1. The largest absolute Gasteiger partial charge is 0.467 e. The molecule has 8 nitrogen and oxygen atoms in total. The molecule has 0 unspecified atom stereocenters. The smallest absolute Gasteiger partial charge is 0.276 e. The van der Waals surface area contributed by atoms with Crippen molar-refractivity contribution in [3.8, 4) is 0 Å². The van der Waals surface area contributed by atoms with Gasteiger partial charge in [-0.15, -0.1) is 0 Å². The molecule has 0 bridgehead atoms. The van der Waals surface area contributed by atoms with Gasteiger partial charge in [-0.05, 0) is 54.8 Å². The molecule has 0 saturated carbocycles. The van der Waals surface area contributed by atoms with Crippen LogP contribution in [0.3, 0.4) is 0 Å². The van der Waals surface area contributed by atoms with E-state index >= 15 is 0 Å². The highest BCUT2D eigenvalue weighted by Crippen LogP contribution is 2.27. The first-order chi connectivity index (χ1) is 17.7. The molecule has 0 aliphatic carbocycles. The number of nitrogens with one attached hydrogen (secondary N) is 1. The fourth-order valence-electron chi connectivity index (χ4n) is 3.89. The number of carbonyl (C=O) groups is 1. The number of aryl methyl sites for hydroxylation is 2. The third kappa shape index (κ3) is 6.03. The second kappa shape index (κ2) is 10.9. The van der Waals surface area contributed by atoms with Gasteiger partial charge in [0.25, 0.3) is 5.91 Å². The number of benzene rings is 2. The summed E-state index contributed by atoms with van der Waals surface area (Å²) in [6.07, 6.45) is 2.84. The predicted octanol–water partition coefficient (Wildman–Crippen LogP) is 5.08. The van der Waals surface area contributed by atoms with Crippen LogP contribution in [-0.4, -0.2) is 30.0 Å². The van der Waals surface area contributed by atoms with Crippen LogP contribution in [0.2, 0.25) is 0 Å². The minimum atomic E-state index is -3.79. The van der Waals surface area contributed by atoms with Crippen molar-refractivity contribution in [3.63, 3.8) is 0 Å². The quantitative estimate of drug-likeness (QED) is 0.306. The van der Waals surface area contributed by atoms with Crippen molar-refractivity contribution in [2.24, 2.45) is 0 Å². The first kappa shape index (κ1) is 26.0. The summed E-state index contributed by atoms with van der Waals surface area (Å²) >= 11 is 0. The molecule has 0 aliphatic heterocycles. The van der Waals surface area contributed by atoms with E-state index in [-0.39, 0.29) is 30.2 Å². The van der Waals surface area contributed by atoms with Gasteiger partial charge in [-0.2, -0.15) is 0 Å². The van der Waals surface area contributed by atoms with E-state index in [1.165, 1.54) is 31.5 Å². The van der Waals surface area contributed by atoms with Gasteiger partial charge < -0.3 is 14.6 Å². The van der Waals surface area contributed by atoms with E-state index in [2.05, 4.69) is 15.3 Å².